The Kier molecular flexibility index (Phi) is 53.2. The minimum Gasteiger partial charge on any atom is -0.998 e. The van der Waals surface area contributed by atoms with Gasteiger partial charge in [0, 0.05) is 50.3 Å². The van der Waals surface area contributed by atoms with Crippen LogP contribution >= 0.6 is 0 Å². The predicted octanol–water partition coefficient (Wildman–Crippen LogP) is 1.91. The fourth-order valence-corrected chi connectivity index (χ4v) is 0.844. The van der Waals surface area contributed by atoms with Gasteiger partial charge in [0.15, 0.2) is 0 Å². The maximum absolute atomic E-state index is 7.75. The molecule has 0 fully saturated rings. The molecule has 0 saturated carbocycles. The van der Waals surface area contributed by atoms with Crippen molar-refractivity contribution < 1.29 is 64.7 Å². The molecule has 0 aliphatic rings. The largest absolute Gasteiger partial charge is 0.998 e. The summed E-state index contributed by atoms with van der Waals surface area (Å²) in [7, 11) is 0. The Labute approximate surface area is 194 Å². The Morgan fingerprint density at radius 2 is 0.519 bits per heavy atom. The Morgan fingerprint density at radius 3 is 0.556 bits per heavy atom. The van der Waals surface area contributed by atoms with Crippen LogP contribution in [-0.4, -0.2) is 20.4 Å². The van der Waals surface area contributed by atoms with Gasteiger partial charge in [-0.15, -0.1) is 0 Å². The molecule has 0 atom stereocenters. The average molecular weight is 489 g/mol. The molecule has 3 rings (SSSR count). The van der Waals surface area contributed by atoms with Crippen molar-refractivity contribution in [2.45, 2.75) is 20.8 Å². The third-order valence-electron chi connectivity index (χ3n) is 1.69. The van der Waals surface area contributed by atoms with Gasteiger partial charge in [0.1, 0.15) is 0 Å². The summed E-state index contributed by atoms with van der Waals surface area (Å²) < 4.78 is 0. The molecule has 3 radical (unpaired) electrons. The molecule has 27 heavy (non-hydrogen) atoms. The van der Waals surface area contributed by atoms with Crippen LogP contribution < -0.4 is 0 Å². The van der Waals surface area contributed by atoms with Gasteiger partial charge >= 0.3 is 0 Å². The van der Waals surface area contributed by atoms with Gasteiger partial charge < -0.3 is 104 Å². The molecule has 3 aromatic carbocycles. The number of hydrogen-bond acceptors (Lipinski definition) is 3. The normalized spacial score (nSPS) is 6.33. The van der Waals surface area contributed by atoms with E-state index in [0.717, 1.165) is 16.7 Å². The van der Waals surface area contributed by atoms with Crippen molar-refractivity contribution in [3.8, 4) is 0 Å². The second-order valence-corrected chi connectivity index (χ2v) is 3.38. The topological polar surface area (TPSA) is 51.2 Å². The molecule has 0 bridgehead atoms. The molecule has 3 aromatic rings. The molecule has 0 saturated heterocycles. The molecule has 0 amide bonds. The van der Waals surface area contributed by atoms with Gasteiger partial charge in [-0.1, -0.05) is 0 Å². The molecule has 0 N–H and O–H groups in total. The number of aryl methyl sites for hydroxylation is 3. The molecular formula is C21H12Co3O3-18. The van der Waals surface area contributed by atoms with Gasteiger partial charge in [-0.2, -0.15) is 0 Å². The summed E-state index contributed by atoms with van der Waals surface area (Å²) in [5.74, 6) is 0. The molecule has 0 aliphatic heterocycles. The number of hydrogen-bond donors (Lipinski definition) is 0. The van der Waals surface area contributed by atoms with E-state index < -0.39 is 0 Å². The maximum Gasteiger partial charge on any atom is 0 e. The zero-order valence-electron chi connectivity index (χ0n) is 14.5. The number of rotatable bonds is 0. The third-order valence-corrected chi connectivity index (χ3v) is 1.69. The maximum atomic E-state index is 7.75. The van der Waals surface area contributed by atoms with E-state index in [9.17, 15) is 0 Å². The molecular weight excluding hydrogens is 477 g/mol. The first kappa shape index (κ1) is 40.3. The minimum atomic E-state index is 0. The van der Waals surface area contributed by atoms with Crippen LogP contribution in [0.3, 0.4) is 0 Å². The second-order valence-electron chi connectivity index (χ2n) is 3.38. The van der Waals surface area contributed by atoms with Crippen molar-refractivity contribution in [3.05, 3.63) is 89.5 Å². The summed E-state index contributed by atoms with van der Waals surface area (Å²) in [5.41, 5.74) is 2.94. The summed E-state index contributed by atoms with van der Waals surface area (Å²) >= 11 is 0. The quantitative estimate of drug-likeness (QED) is 0.359. The van der Waals surface area contributed by atoms with Gasteiger partial charge in [-0.3, -0.25) is 20.4 Å². The summed E-state index contributed by atoms with van der Waals surface area (Å²) in [5, 5.41) is 0. The van der Waals surface area contributed by atoms with Crippen molar-refractivity contribution in [2.24, 2.45) is 0 Å². The fourth-order valence-electron chi connectivity index (χ4n) is 0.844. The molecule has 0 aromatic heterocycles. The van der Waals surface area contributed by atoms with Gasteiger partial charge in [-0.05, 0) is 0 Å². The van der Waals surface area contributed by atoms with Crippen molar-refractivity contribution >= 4 is 20.4 Å². The Balaban J connectivity index is -0.0000000513. The molecule has 0 heterocycles. The standard InChI is InChI=1S/3C6H3.3CHO.3Co/c3*1-6-4-2-3-5-6;3*1-2;;;/h3*1H3;3*1H;;;/q3*-5;3*-1;;;. The molecule has 6 heteroatoms. The van der Waals surface area contributed by atoms with Crippen molar-refractivity contribution in [2.75, 3.05) is 0 Å². The van der Waals surface area contributed by atoms with Crippen LogP contribution in [0.2, 0.25) is 0 Å². The van der Waals surface area contributed by atoms with E-state index in [1.807, 2.05) is 20.8 Å². The van der Waals surface area contributed by atoms with Gasteiger partial charge in [0.05, 0.1) is 0 Å². The van der Waals surface area contributed by atoms with Crippen LogP contribution in [0.25, 0.3) is 0 Å². The Bertz CT molecular complexity index is 452. The first-order valence-corrected chi connectivity index (χ1v) is 5.96. The smallest absolute Gasteiger partial charge is 0 e. The van der Waals surface area contributed by atoms with E-state index in [1.165, 1.54) is 0 Å². The Morgan fingerprint density at radius 1 is 0.407 bits per heavy atom. The van der Waals surface area contributed by atoms with Crippen LogP contribution in [0.5, 0.6) is 0 Å². The first-order chi connectivity index (χ1) is 11.7. The van der Waals surface area contributed by atoms with Crippen LogP contribution in [-0.2, 0) is 64.7 Å². The van der Waals surface area contributed by atoms with Crippen LogP contribution in [0, 0.1) is 93.6 Å². The minimum absolute atomic E-state index is 0. The molecule has 0 unspecified atom stereocenters. The summed E-state index contributed by atoms with van der Waals surface area (Å²) in [6.07, 6.45) is 0. The molecule has 0 aliphatic carbocycles. The summed E-state index contributed by atoms with van der Waals surface area (Å²) in [6, 6.07) is 32.3. The van der Waals surface area contributed by atoms with E-state index in [1.54, 1.807) is 0 Å². The van der Waals surface area contributed by atoms with Gasteiger partial charge in [0.2, 0.25) is 0 Å². The summed E-state index contributed by atoms with van der Waals surface area (Å²) in [4.78, 5) is 23.2. The monoisotopic (exact) mass is 489 g/mol. The van der Waals surface area contributed by atoms with E-state index in [-0.39, 0.29) is 50.3 Å². The van der Waals surface area contributed by atoms with Crippen LogP contribution in [0.15, 0.2) is 0 Å². The van der Waals surface area contributed by atoms with Crippen LogP contribution in [0.4, 0.5) is 0 Å². The fraction of sp³-hybridized carbons (Fsp3) is 0.143. The molecule has 159 valence electrons. The molecule has 3 nitrogen and oxygen atoms in total. The SMILES string of the molecule is C[c-]1[c-][c-][c-][c-]1.C[c-]1[c-][c-][c-][c-]1.C[c-]1[c-][c-][c-][c-]1.[CH-]=O.[CH-]=O.[CH-]=O.[Co].[Co].[Co]. The van der Waals surface area contributed by atoms with E-state index >= 15 is 0 Å². The van der Waals surface area contributed by atoms with Gasteiger partial charge in [-0.25, -0.2) is 20.8 Å². The second kappa shape index (κ2) is 35.6. The predicted molar refractivity (Wildman–Crippen MR) is 86.6 cm³/mol. The zero-order valence-corrected chi connectivity index (χ0v) is 17.6. The number of carbonyl (C=O) groups excluding carboxylic acids is 3. The average Bonchev–Trinajstić information content (AvgIpc) is 3.40. The van der Waals surface area contributed by atoms with E-state index in [2.05, 4.69) is 93.2 Å². The van der Waals surface area contributed by atoms with Gasteiger partial charge in [0.25, 0.3) is 0 Å². The summed E-state index contributed by atoms with van der Waals surface area (Å²) in [6.45, 7) is 15.5. The van der Waals surface area contributed by atoms with E-state index in [4.69, 9.17) is 14.4 Å². The first-order valence-electron chi connectivity index (χ1n) is 5.96. The van der Waals surface area contributed by atoms with Crippen molar-refractivity contribution in [1.29, 1.82) is 0 Å². The van der Waals surface area contributed by atoms with Crippen molar-refractivity contribution in [1.82, 2.24) is 0 Å². The van der Waals surface area contributed by atoms with Crippen LogP contribution in [0.1, 0.15) is 16.7 Å². The third kappa shape index (κ3) is 32.7. The van der Waals surface area contributed by atoms with Crippen molar-refractivity contribution in [3.63, 3.8) is 0 Å². The van der Waals surface area contributed by atoms with E-state index in [0.29, 0.717) is 0 Å². The molecule has 0 spiro atoms. The Hall–Kier alpha value is -1.42. The zero-order chi connectivity index (χ0) is 19.2.